The van der Waals surface area contributed by atoms with Gasteiger partial charge in [0.15, 0.2) is 17.0 Å². The maximum Gasteiger partial charge on any atom is 0.332 e. The van der Waals surface area contributed by atoms with E-state index in [1.165, 1.54) is 18.0 Å². The summed E-state index contributed by atoms with van der Waals surface area (Å²) in [6, 6.07) is 0. The number of hydrogen-bond donors (Lipinski definition) is 2. The van der Waals surface area contributed by atoms with E-state index < -0.39 is 11.2 Å². The Morgan fingerprint density at radius 3 is 2.86 bits per heavy atom. The van der Waals surface area contributed by atoms with Gasteiger partial charge in [-0.25, -0.2) is 4.79 Å². The molecular weight excluding hydrogens is 278 g/mol. The first-order valence-corrected chi connectivity index (χ1v) is 6.23. The van der Waals surface area contributed by atoms with Gasteiger partial charge in [0.25, 0.3) is 5.56 Å². The van der Waals surface area contributed by atoms with Crippen molar-refractivity contribution in [2.45, 2.75) is 6.42 Å². The molecule has 10 nitrogen and oxygen atoms in total. The van der Waals surface area contributed by atoms with E-state index >= 15 is 0 Å². The van der Waals surface area contributed by atoms with Gasteiger partial charge in [0.05, 0.1) is 0 Å². The summed E-state index contributed by atoms with van der Waals surface area (Å²) in [5.74, 6) is 0.980. The lowest BCUT2D eigenvalue weighted by Crippen LogP contribution is -2.36. The Labute approximate surface area is 117 Å². The molecule has 0 unspecified atom stereocenters. The number of H-pyrrole nitrogens is 1. The highest BCUT2D eigenvalue weighted by Crippen LogP contribution is 2.08. The standard InChI is InChI=1S/C11H13N7O3/c1-17-8-7(9(19)18(2)11(17)20)14-10(15-8)12-4-3-6-13-5-21-16-6/h5H,3-4H2,1-2H3,(H2,12,14,15). The van der Waals surface area contributed by atoms with Crippen molar-refractivity contribution in [1.82, 2.24) is 29.2 Å². The Kier molecular flexibility index (Phi) is 3.05. The largest absolute Gasteiger partial charge is 0.355 e. The Balaban J connectivity index is 1.88. The summed E-state index contributed by atoms with van der Waals surface area (Å²) in [6.45, 7) is 0.508. The van der Waals surface area contributed by atoms with Crippen molar-refractivity contribution >= 4 is 17.1 Å². The molecule has 0 aliphatic carbocycles. The lowest BCUT2D eigenvalue weighted by molar-refractivity contribution is 0.410. The van der Waals surface area contributed by atoms with Crippen LogP contribution < -0.4 is 16.6 Å². The van der Waals surface area contributed by atoms with Crippen LogP contribution in [-0.2, 0) is 20.5 Å². The maximum absolute atomic E-state index is 12.0. The van der Waals surface area contributed by atoms with Gasteiger partial charge in [0, 0.05) is 27.1 Å². The van der Waals surface area contributed by atoms with Crippen molar-refractivity contribution in [1.29, 1.82) is 0 Å². The molecular formula is C11H13N7O3. The third-order valence-corrected chi connectivity index (χ3v) is 3.14. The Bertz CT molecular complexity index is 887. The fourth-order valence-corrected chi connectivity index (χ4v) is 2.01. The van der Waals surface area contributed by atoms with Crippen LogP contribution in [0, 0.1) is 0 Å². The number of aryl methyl sites for hydroxylation is 1. The number of aromatic amines is 1. The Morgan fingerprint density at radius 1 is 1.33 bits per heavy atom. The van der Waals surface area contributed by atoms with Crippen LogP contribution in [0.5, 0.6) is 0 Å². The molecule has 21 heavy (non-hydrogen) atoms. The molecule has 110 valence electrons. The summed E-state index contributed by atoms with van der Waals surface area (Å²) in [5.41, 5.74) is -0.240. The zero-order valence-corrected chi connectivity index (χ0v) is 11.5. The Hall–Kier alpha value is -2.91. The zero-order valence-electron chi connectivity index (χ0n) is 11.5. The number of anilines is 1. The van der Waals surface area contributed by atoms with E-state index in [2.05, 4.69) is 29.9 Å². The van der Waals surface area contributed by atoms with Gasteiger partial charge in [-0.2, -0.15) is 9.97 Å². The number of nitrogens with zero attached hydrogens (tertiary/aromatic N) is 5. The first-order chi connectivity index (χ1) is 10.1. The molecule has 3 aromatic heterocycles. The predicted octanol–water partition coefficient (Wildman–Crippen LogP) is -1.00. The van der Waals surface area contributed by atoms with E-state index in [1.54, 1.807) is 7.05 Å². The summed E-state index contributed by atoms with van der Waals surface area (Å²) < 4.78 is 6.98. The molecule has 0 spiro atoms. The number of aromatic nitrogens is 6. The number of nitrogens with one attached hydrogen (secondary N) is 2. The fraction of sp³-hybridized carbons (Fsp3) is 0.364. The molecule has 0 saturated carbocycles. The van der Waals surface area contributed by atoms with E-state index in [4.69, 9.17) is 0 Å². The monoisotopic (exact) mass is 291 g/mol. The van der Waals surface area contributed by atoms with Crippen LogP contribution >= 0.6 is 0 Å². The van der Waals surface area contributed by atoms with Crippen LogP contribution in [-0.4, -0.2) is 35.8 Å². The topological polar surface area (TPSA) is 124 Å². The number of fused-ring (bicyclic) bond motifs is 1. The maximum atomic E-state index is 12.0. The molecule has 0 atom stereocenters. The average molecular weight is 291 g/mol. The second-order valence-corrected chi connectivity index (χ2v) is 4.51. The molecule has 0 saturated heterocycles. The molecule has 3 rings (SSSR count). The van der Waals surface area contributed by atoms with Gasteiger partial charge in [-0.1, -0.05) is 5.16 Å². The minimum Gasteiger partial charge on any atom is -0.355 e. The summed E-state index contributed by atoms with van der Waals surface area (Å²) in [6.07, 6.45) is 1.81. The molecule has 0 radical (unpaired) electrons. The fourth-order valence-electron chi connectivity index (χ4n) is 2.01. The van der Waals surface area contributed by atoms with Gasteiger partial charge >= 0.3 is 5.69 Å². The SMILES string of the molecule is Cn1c(=O)c2[nH]c(NCCc3ncon3)nc2n(C)c1=O. The van der Waals surface area contributed by atoms with Gasteiger partial charge in [0.2, 0.25) is 12.3 Å². The van der Waals surface area contributed by atoms with Gasteiger partial charge < -0.3 is 14.8 Å². The second-order valence-electron chi connectivity index (χ2n) is 4.51. The van der Waals surface area contributed by atoms with Gasteiger partial charge in [-0.15, -0.1) is 0 Å². The molecule has 3 heterocycles. The molecule has 0 amide bonds. The number of hydrogen-bond acceptors (Lipinski definition) is 7. The smallest absolute Gasteiger partial charge is 0.332 e. The summed E-state index contributed by atoms with van der Waals surface area (Å²) in [5, 5.41) is 6.70. The van der Waals surface area contributed by atoms with E-state index in [1.807, 2.05) is 0 Å². The second kappa shape index (κ2) is 4.89. The molecule has 2 N–H and O–H groups in total. The van der Waals surface area contributed by atoms with Gasteiger partial charge in [0.1, 0.15) is 0 Å². The van der Waals surface area contributed by atoms with Crippen LogP contribution in [0.1, 0.15) is 5.82 Å². The minimum atomic E-state index is -0.419. The summed E-state index contributed by atoms with van der Waals surface area (Å²) >= 11 is 0. The molecule has 0 fully saturated rings. The first-order valence-electron chi connectivity index (χ1n) is 6.23. The lowest BCUT2D eigenvalue weighted by Gasteiger charge is -2.00. The predicted molar refractivity (Wildman–Crippen MR) is 73.1 cm³/mol. The molecule has 0 aliphatic heterocycles. The van der Waals surface area contributed by atoms with Crippen LogP contribution in [0.15, 0.2) is 20.5 Å². The molecule has 0 aromatic carbocycles. The molecule has 10 heteroatoms. The normalized spacial score (nSPS) is 11.1. The van der Waals surface area contributed by atoms with E-state index in [-0.39, 0.29) is 5.52 Å². The van der Waals surface area contributed by atoms with Crippen molar-refractivity contribution < 1.29 is 4.52 Å². The van der Waals surface area contributed by atoms with E-state index in [9.17, 15) is 9.59 Å². The van der Waals surface area contributed by atoms with Crippen LogP contribution in [0.2, 0.25) is 0 Å². The average Bonchev–Trinajstić information content (AvgIpc) is 3.12. The summed E-state index contributed by atoms with van der Waals surface area (Å²) in [7, 11) is 2.99. The van der Waals surface area contributed by atoms with Crippen molar-refractivity contribution in [3.8, 4) is 0 Å². The van der Waals surface area contributed by atoms with Gasteiger partial charge in [-0.3, -0.25) is 13.9 Å². The van der Waals surface area contributed by atoms with E-state index in [0.29, 0.717) is 30.4 Å². The van der Waals surface area contributed by atoms with Crippen molar-refractivity contribution in [2.24, 2.45) is 14.1 Å². The minimum absolute atomic E-state index is 0.279. The number of imidazole rings is 1. The molecule has 0 bridgehead atoms. The zero-order chi connectivity index (χ0) is 15.0. The third kappa shape index (κ3) is 2.20. The Morgan fingerprint density at radius 2 is 2.14 bits per heavy atom. The van der Waals surface area contributed by atoms with Crippen molar-refractivity contribution in [3.63, 3.8) is 0 Å². The highest BCUT2D eigenvalue weighted by atomic mass is 16.5. The van der Waals surface area contributed by atoms with Gasteiger partial charge in [-0.05, 0) is 0 Å². The summed E-state index contributed by atoms with van der Waals surface area (Å²) in [4.78, 5) is 34.8. The lowest BCUT2D eigenvalue weighted by atomic mass is 10.4. The first kappa shape index (κ1) is 13.1. The highest BCUT2D eigenvalue weighted by molar-refractivity contribution is 5.72. The van der Waals surface area contributed by atoms with Crippen LogP contribution in [0.3, 0.4) is 0 Å². The highest BCUT2D eigenvalue weighted by Gasteiger charge is 2.13. The molecule has 0 aliphatic rings. The number of rotatable bonds is 4. The molecule has 3 aromatic rings. The van der Waals surface area contributed by atoms with Crippen molar-refractivity contribution in [3.05, 3.63) is 33.1 Å². The quantitative estimate of drug-likeness (QED) is 0.631. The third-order valence-electron chi connectivity index (χ3n) is 3.14. The van der Waals surface area contributed by atoms with E-state index in [0.717, 1.165) is 4.57 Å². The van der Waals surface area contributed by atoms with Crippen LogP contribution in [0.4, 0.5) is 5.95 Å². The van der Waals surface area contributed by atoms with Crippen LogP contribution in [0.25, 0.3) is 11.2 Å². The van der Waals surface area contributed by atoms with Crippen molar-refractivity contribution in [2.75, 3.05) is 11.9 Å².